The fourth-order valence-corrected chi connectivity index (χ4v) is 3.70. The van der Waals surface area contributed by atoms with E-state index in [4.69, 9.17) is 4.42 Å². The van der Waals surface area contributed by atoms with Crippen molar-refractivity contribution in [3.8, 4) is 11.5 Å². The van der Waals surface area contributed by atoms with Gasteiger partial charge in [-0.1, -0.05) is 36.4 Å². The van der Waals surface area contributed by atoms with Crippen LogP contribution in [0.1, 0.15) is 39.8 Å². The molecular weight excluding hydrogens is 374 g/mol. The van der Waals surface area contributed by atoms with Crippen molar-refractivity contribution in [1.29, 1.82) is 0 Å². The summed E-state index contributed by atoms with van der Waals surface area (Å²) in [7, 11) is 0. The lowest BCUT2D eigenvalue weighted by atomic mass is 9.83. The van der Waals surface area contributed by atoms with Crippen LogP contribution in [0.2, 0.25) is 0 Å². The molecule has 5 nitrogen and oxygen atoms in total. The molecule has 30 heavy (non-hydrogen) atoms. The Labute approximate surface area is 175 Å². The fourth-order valence-electron chi connectivity index (χ4n) is 3.70. The Morgan fingerprint density at radius 2 is 1.73 bits per heavy atom. The van der Waals surface area contributed by atoms with Crippen LogP contribution in [0.4, 0.5) is 0 Å². The second-order valence-corrected chi connectivity index (χ2v) is 7.49. The van der Waals surface area contributed by atoms with Gasteiger partial charge in [0.2, 0.25) is 11.8 Å². The number of pyridine rings is 1. The van der Waals surface area contributed by atoms with Gasteiger partial charge in [0.1, 0.15) is 5.78 Å². The summed E-state index contributed by atoms with van der Waals surface area (Å²) in [6, 6.07) is 19.7. The summed E-state index contributed by atoms with van der Waals surface area (Å²) < 4.78 is 5.52. The van der Waals surface area contributed by atoms with Gasteiger partial charge in [0.25, 0.3) is 0 Å². The van der Waals surface area contributed by atoms with Crippen LogP contribution < -0.4 is 0 Å². The molecule has 2 aromatic heterocycles. The van der Waals surface area contributed by atoms with Gasteiger partial charge in [-0.2, -0.15) is 0 Å². The Morgan fingerprint density at radius 1 is 0.967 bits per heavy atom. The van der Waals surface area contributed by atoms with Gasteiger partial charge in [-0.15, -0.1) is 10.2 Å². The number of Topliss-reactive ketones (excluding diaryl/α,β-unsaturated/α-hetero) is 1. The highest BCUT2D eigenvalue weighted by Crippen LogP contribution is 2.31. The third kappa shape index (κ3) is 4.20. The van der Waals surface area contributed by atoms with Gasteiger partial charge in [-0.25, -0.2) is 0 Å². The van der Waals surface area contributed by atoms with Crippen molar-refractivity contribution in [2.75, 3.05) is 0 Å². The molecule has 0 spiro atoms. The first-order chi connectivity index (χ1) is 14.5. The van der Waals surface area contributed by atoms with Crippen LogP contribution in [0.5, 0.6) is 0 Å². The summed E-state index contributed by atoms with van der Waals surface area (Å²) in [5.74, 6) is 0.800. The SMILES string of the molecule is Cc1cc(CC(=O)C(c2ccc(-c3nnc(C)o3)cc2)c2ccccc2C)ccn1. The summed E-state index contributed by atoms with van der Waals surface area (Å²) in [5, 5.41) is 7.96. The first-order valence-corrected chi connectivity index (χ1v) is 9.91. The second-order valence-electron chi connectivity index (χ2n) is 7.49. The smallest absolute Gasteiger partial charge is 0.247 e. The highest BCUT2D eigenvalue weighted by molar-refractivity contribution is 5.91. The van der Waals surface area contributed by atoms with Gasteiger partial charge in [0, 0.05) is 30.8 Å². The van der Waals surface area contributed by atoms with E-state index >= 15 is 0 Å². The molecular formula is C25H23N3O2. The lowest BCUT2D eigenvalue weighted by Gasteiger charge is -2.19. The lowest BCUT2D eigenvalue weighted by molar-refractivity contribution is -0.119. The number of benzene rings is 2. The van der Waals surface area contributed by atoms with Gasteiger partial charge in [-0.3, -0.25) is 9.78 Å². The molecule has 0 saturated carbocycles. The molecule has 2 aromatic carbocycles. The van der Waals surface area contributed by atoms with Crippen LogP contribution in [0.25, 0.3) is 11.5 Å². The van der Waals surface area contributed by atoms with Crippen LogP contribution in [-0.4, -0.2) is 21.0 Å². The molecule has 0 aliphatic heterocycles. The fraction of sp³-hybridized carbons (Fsp3) is 0.200. The minimum absolute atomic E-state index is 0.149. The van der Waals surface area contributed by atoms with Crippen molar-refractivity contribution in [2.45, 2.75) is 33.1 Å². The first kappa shape index (κ1) is 19.7. The third-order valence-corrected chi connectivity index (χ3v) is 5.18. The summed E-state index contributed by atoms with van der Waals surface area (Å²) >= 11 is 0. The van der Waals surface area contributed by atoms with Crippen LogP contribution in [-0.2, 0) is 11.2 Å². The Bertz CT molecular complexity index is 1180. The number of aromatic nitrogens is 3. The number of ketones is 1. The molecule has 0 N–H and O–H groups in total. The van der Waals surface area contributed by atoms with Crippen molar-refractivity contribution in [3.05, 3.63) is 101 Å². The van der Waals surface area contributed by atoms with Crippen molar-refractivity contribution >= 4 is 5.78 Å². The summed E-state index contributed by atoms with van der Waals surface area (Å²) in [4.78, 5) is 17.7. The number of nitrogens with zero attached hydrogens (tertiary/aromatic N) is 3. The zero-order chi connectivity index (χ0) is 21.1. The number of carbonyl (C=O) groups excluding carboxylic acids is 1. The predicted molar refractivity (Wildman–Crippen MR) is 115 cm³/mol. The molecule has 0 fully saturated rings. The average Bonchev–Trinajstić information content (AvgIpc) is 3.16. The van der Waals surface area contributed by atoms with Crippen LogP contribution in [0.3, 0.4) is 0 Å². The van der Waals surface area contributed by atoms with E-state index in [1.807, 2.05) is 74.5 Å². The maximum atomic E-state index is 13.5. The second kappa shape index (κ2) is 8.41. The van der Waals surface area contributed by atoms with E-state index < -0.39 is 0 Å². The number of hydrogen-bond acceptors (Lipinski definition) is 5. The van der Waals surface area contributed by atoms with E-state index in [9.17, 15) is 4.79 Å². The largest absolute Gasteiger partial charge is 0.421 e. The summed E-state index contributed by atoms with van der Waals surface area (Å²) in [6.07, 6.45) is 2.11. The molecule has 2 heterocycles. The molecule has 0 radical (unpaired) electrons. The molecule has 0 amide bonds. The maximum Gasteiger partial charge on any atom is 0.247 e. The molecule has 0 bridgehead atoms. The van der Waals surface area contributed by atoms with Gasteiger partial charge < -0.3 is 4.42 Å². The van der Waals surface area contributed by atoms with Crippen LogP contribution in [0.15, 0.2) is 71.3 Å². The van der Waals surface area contributed by atoms with Crippen LogP contribution >= 0.6 is 0 Å². The molecule has 1 unspecified atom stereocenters. The van der Waals surface area contributed by atoms with Gasteiger partial charge in [0.15, 0.2) is 0 Å². The molecule has 0 saturated heterocycles. The Kier molecular flexibility index (Phi) is 5.53. The maximum absolute atomic E-state index is 13.5. The van der Waals surface area contributed by atoms with Gasteiger partial charge >= 0.3 is 0 Å². The monoisotopic (exact) mass is 397 g/mol. The van der Waals surface area contributed by atoms with Crippen molar-refractivity contribution < 1.29 is 9.21 Å². The number of aryl methyl sites for hydroxylation is 3. The molecule has 4 aromatic rings. The predicted octanol–water partition coefficient (Wildman–Crippen LogP) is 5.00. The van der Waals surface area contributed by atoms with E-state index in [1.54, 1.807) is 13.1 Å². The highest BCUT2D eigenvalue weighted by atomic mass is 16.4. The van der Waals surface area contributed by atoms with E-state index in [0.29, 0.717) is 18.2 Å². The number of carbonyl (C=O) groups is 1. The molecule has 150 valence electrons. The minimum atomic E-state index is -0.349. The Balaban J connectivity index is 1.70. The van der Waals surface area contributed by atoms with Crippen molar-refractivity contribution in [3.63, 3.8) is 0 Å². The van der Waals surface area contributed by atoms with Crippen molar-refractivity contribution in [2.24, 2.45) is 0 Å². The third-order valence-electron chi connectivity index (χ3n) is 5.18. The molecule has 1 atom stereocenters. The standard InChI is InChI=1S/C25H23N3O2/c1-16-6-4-5-7-22(16)24(23(29)15-19-12-13-26-17(2)14-19)20-8-10-21(11-9-20)25-28-27-18(3)30-25/h4-14,24H,15H2,1-3H3. The number of rotatable bonds is 6. The lowest BCUT2D eigenvalue weighted by Crippen LogP contribution is -2.17. The van der Waals surface area contributed by atoms with Gasteiger partial charge in [0.05, 0.1) is 5.92 Å². The number of hydrogen-bond donors (Lipinski definition) is 0. The van der Waals surface area contributed by atoms with Gasteiger partial charge in [-0.05, 0) is 60.4 Å². The Hall–Kier alpha value is -3.60. The van der Waals surface area contributed by atoms with E-state index in [1.165, 1.54) is 0 Å². The summed E-state index contributed by atoms with van der Waals surface area (Å²) in [5.41, 5.74) is 5.78. The Morgan fingerprint density at radius 3 is 2.40 bits per heavy atom. The van der Waals surface area contributed by atoms with Crippen molar-refractivity contribution in [1.82, 2.24) is 15.2 Å². The quantitative estimate of drug-likeness (QED) is 0.458. The first-order valence-electron chi connectivity index (χ1n) is 9.91. The van der Waals surface area contributed by atoms with Crippen LogP contribution in [0, 0.1) is 20.8 Å². The normalized spacial score (nSPS) is 12.0. The average molecular weight is 397 g/mol. The topological polar surface area (TPSA) is 68.9 Å². The molecule has 0 aliphatic carbocycles. The highest BCUT2D eigenvalue weighted by Gasteiger charge is 2.24. The minimum Gasteiger partial charge on any atom is -0.421 e. The molecule has 0 aliphatic rings. The summed E-state index contributed by atoms with van der Waals surface area (Å²) in [6.45, 7) is 5.74. The molecule has 5 heteroatoms. The zero-order valence-electron chi connectivity index (χ0n) is 17.3. The van der Waals surface area contributed by atoms with E-state index in [-0.39, 0.29) is 11.7 Å². The van der Waals surface area contributed by atoms with E-state index in [0.717, 1.165) is 33.5 Å². The molecule has 4 rings (SSSR count). The zero-order valence-corrected chi connectivity index (χ0v) is 17.3. The van der Waals surface area contributed by atoms with E-state index in [2.05, 4.69) is 15.2 Å².